The molecule has 0 saturated carbocycles. The smallest absolute Gasteiger partial charge is 0.213 e. The van der Waals surface area contributed by atoms with Crippen molar-refractivity contribution in [2.75, 3.05) is 19.8 Å². The molecule has 0 amide bonds. The minimum absolute atomic E-state index is 0. The van der Waals surface area contributed by atoms with Crippen molar-refractivity contribution in [2.24, 2.45) is 4.99 Å². The Labute approximate surface area is 210 Å². The first-order valence-electron chi connectivity index (χ1n) is 10.3. The first kappa shape index (κ1) is 25.9. The van der Waals surface area contributed by atoms with Crippen molar-refractivity contribution in [2.45, 2.75) is 33.9 Å². The monoisotopic (exact) mass is 567 g/mol. The molecule has 0 unspecified atom stereocenters. The normalized spacial score (nSPS) is 10.9. The van der Waals surface area contributed by atoms with E-state index in [4.69, 9.17) is 9.47 Å². The van der Waals surface area contributed by atoms with Crippen LogP contribution in [0.25, 0.3) is 0 Å². The van der Waals surface area contributed by atoms with E-state index in [1.165, 1.54) is 4.88 Å². The van der Waals surface area contributed by atoms with Gasteiger partial charge in [-0.1, -0.05) is 24.3 Å². The Kier molecular flexibility index (Phi) is 11.2. The predicted octanol–water partition coefficient (Wildman–Crippen LogP) is 4.49. The van der Waals surface area contributed by atoms with Gasteiger partial charge in [0.25, 0.3) is 0 Å². The van der Waals surface area contributed by atoms with Gasteiger partial charge in [-0.3, -0.25) is 0 Å². The maximum Gasteiger partial charge on any atom is 0.213 e. The number of pyridine rings is 1. The Balaban J connectivity index is 0.00000363. The summed E-state index contributed by atoms with van der Waals surface area (Å²) < 4.78 is 11.3. The Morgan fingerprint density at radius 2 is 1.81 bits per heavy atom. The molecule has 0 bridgehead atoms. The summed E-state index contributed by atoms with van der Waals surface area (Å²) in [5.41, 5.74) is 2.09. The van der Waals surface area contributed by atoms with E-state index in [0.717, 1.165) is 34.5 Å². The fourth-order valence-corrected chi connectivity index (χ4v) is 3.57. The highest BCUT2D eigenvalue weighted by molar-refractivity contribution is 14.0. The number of nitrogens with one attached hydrogen (secondary N) is 2. The number of halogens is 1. The summed E-state index contributed by atoms with van der Waals surface area (Å²) in [6, 6.07) is 13.5. The van der Waals surface area contributed by atoms with Gasteiger partial charge in [0.05, 0.1) is 18.8 Å². The summed E-state index contributed by atoms with van der Waals surface area (Å²) in [5.74, 6) is 2.16. The maximum absolute atomic E-state index is 5.64. The fraction of sp³-hybridized carbons (Fsp3) is 0.348. The van der Waals surface area contributed by atoms with Gasteiger partial charge >= 0.3 is 0 Å². The van der Waals surface area contributed by atoms with Gasteiger partial charge in [0.2, 0.25) is 5.88 Å². The van der Waals surface area contributed by atoms with Crippen molar-refractivity contribution in [3.05, 3.63) is 69.8 Å². The minimum atomic E-state index is 0. The largest absolute Gasteiger partial charge is 0.490 e. The van der Waals surface area contributed by atoms with Crippen molar-refractivity contribution >= 4 is 41.3 Å². The third-order valence-electron chi connectivity index (χ3n) is 4.39. The zero-order valence-electron chi connectivity index (χ0n) is 18.6. The van der Waals surface area contributed by atoms with Gasteiger partial charge in [0.1, 0.15) is 24.0 Å². The molecule has 0 aliphatic carbocycles. The van der Waals surface area contributed by atoms with Crippen LogP contribution in [0.3, 0.4) is 0 Å². The lowest BCUT2D eigenvalue weighted by Gasteiger charge is -2.10. The fourth-order valence-electron chi connectivity index (χ4n) is 2.70. The molecule has 9 heteroatoms. The molecule has 7 nitrogen and oxygen atoms in total. The summed E-state index contributed by atoms with van der Waals surface area (Å²) in [5, 5.41) is 7.65. The second-order valence-corrected chi connectivity index (χ2v) is 8.10. The minimum Gasteiger partial charge on any atom is -0.490 e. The Morgan fingerprint density at radius 3 is 2.47 bits per heavy atom. The van der Waals surface area contributed by atoms with Crippen LogP contribution in [0.2, 0.25) is 0 Å². The second-order valence-electron chi connectivity index (χ2n) is 6.81. The average molecular weight is 567 g/mol. The van der Waals surface area contributed by atoms with Gasteiger partial charge in [0, 0.05) is 23.7 Å². The van der Waals surface area contributed by atoms with E-state index < -0.39 is 0 Å². The molecule has 1 aromatic carbocycles. The average Bonchev–Trinajstić information content (AvgIpc) is 3.12. The van der Waals surface area contributed by atoms with Gasteiger partial charge in [-0.25, -0.2) is 15.0 Å². The van der Waals surface area contributed by atoms with Crippen LogP contribution in [0, 0.1) is 13.8 Å². The molecule has 0 aliphatic heterocycles. The number of rotatable bonds is 10. The molecule has 0 atom stereocenters. The van der Waals surface area contributed by atoms with E-state index in [2.05, 4.69) is 32.5 Å². The predicted molar refractivity (Wildman–Crippen MR) is 140 cm³/mol. The third-order valence-corrected chi connectivity index (χ3v) is 5.46. The molecule has 3 aromatic rings. The number of thiazole rings is 1. The highest BCUT2D eigenvalue weighted by atomic mass is 127. The number of guanidine groups is 1. The number of benzene rings is 1. The van der Waals surface area contributed by atoms with Gasteiger partial charge in [-0.2, -0.15) is 0 Å². The number of nitrogens with zero attached hydrogens (tertiary/aromatic N) is 3. The van der Waals surface area contributed by atoms with Crippen molar-refractivity contribution < 1.29 is 9.47 Å². The molecule has 2 N–H and O–H groups in total. The molecule has 2 aromatic heterocycles. The lowest BCUT2D eigenvalue weighted by Crippen LogP contribution is -2.36. The van der Waals surface area contributed by atoms with Crippen LogP contribution in [0.4, 0.5) is 0 Å². The van der Waals surface area contributed by atoms with E-state index in [-0.39, 0.29) is 24.0 Å². The van der Waals surface area contributed by atoms with E-state index in [0.29, 0.717) is 32.2 Å². The summed E-state index contributed by atoms with van der Waals surface area (Å²) in [6.07, 6.45) is 1.79. The van der Waals surface area contributed by atoms with Crippen LogP contribution in [0.15, 0.2) is 53.7 Å². The Morgan fingerprint density at radius 1 is 1.03 bits per heavy atom. The van der Waals surface area contributed by atoms with Crippen molar-refractivity contribution in [1.82, 2.24) is 20.6 Å². The molecular weight excluding hydrogens is 537 g/mol. The van der Waals surface area contributed by atoms with E-state index in [9.17, 15) is 0 Å². The lowest BCUT2D eigenvalue weighted by atomic mass is 10.3. The standard InChI is InChI=1S/C23H29N5O2S.HI/c1-4-24-23(27-16-22-28-17(2)18(3)31-22)26-15-19-10-11-21(25-14-19)30-13-12-29-20-8-6-5-7-9-20;/h5-11,14H,4,12-13,15-16H2,1-3H3,(H2,24,26,27);1H. The number of aryl methyl sites for hydroxylation is 2. The van der Waals surface area contributed by atoms with E-state index in [1.807, 2.05) is 56.3 Å². The van der Waals surface area contributed by atoms with E-state index in [1.54, 1.807) is 17.5 Å². The van der Waals surface area contributed by atoms with Crippen molar-refractivity contribution in [3.8, 4) is 11.6 Å². The highest BCUT2D eigenvalue weighted by Crippen LogP contribution is 2.16. The molecule has 2 heterocycles. The quantitative estimate of drug-likeness (QED) is 0.163. The summed E-state index contributed by atoms with van der Waals surface area (Å²) >= 11 is 1.71. The van der Waals surface area contributed by atoms with Crippen LogP contribution in [-0.2, 0) is 13.1 Å². The molecule has 0 saturated heterocycles. The second kappa shape index (κ2) is 13.9. The highest BCUT2D eigenvalue weighted by Gasteiger charge is 2.05. The van der Waals surface area contributed by atoms with E-state index >= 15 is 0 Å². The van der Waals surface area contributed by atoms with Crippen molar-refractivity contribution in [1.29, 1.82) is 0 Å². The van der Waals surface area contributed by atoms with Gasteiger partial charge in [-0.15, -0.1) is 35.3 Å². The molecular formula is C23H30IN5O2S. The summed E-state index contributed by atoms with van der Waals surface area (Å²) in [6.45, 7) is 9.04. The van der Waals surface area contributed by atoms with Crippen molar-refractivity contribution in [3.63, 3.8) is 0 Å². The number of hydrogen-bond donors (Lipinski definition) is 2. The number of para-hydroxylation sites is 1. The first-order chi connectivity index (χ1) is 15.1. The maximum atomic E-state index is 5.64. The van der Waals surface area contributed by atoms with Crippen LogP contribution in [0.5, 0.6) is 11.6 Å². The van der Waals surface area contributed by atoms with Gasteiger partial charge < -0.3 is 20.1 Å². The molecule has 0 aliphatic rings. The molecule has 32 heavy (non-hydrogen) atoms. The first-order valence-corrected chi connectivity index (χ1v) is 11.2. The summed E-state index contributed by atoms with van der Waals surface area (Å²) in [4.78, 5) is 14.8. The Hall–Kier alpha value is -2.40. The topological polar surface area (TPSA) is 80.7 Å². The van der Waals surface area contributed by atoms with Gasteiger partial charge in [-0.05, 0) is 38.5 Å². The number of hydrogen-bond acceptors (Lipinski definition) is 6. The van der Waals surface area contributed by atoms with Crippen LogP contribution in [-0.4, -0.2) is 35.7 Å². The zero-order valence-corrected chi connectivity index (χ0v) is 21.8. The molecule has 0 fully saturated rings. The number of aromatic nitrogens is 2. The molecule has 172 valence electrons. The third kappa shape index (κ3) is 8.62. The number of ether oxygens (including phenoxy) is 2. The molecule has 3 rings (SSSR count). The molecule has 0 spiro atoms. The van der Waals surface area contributed by atoms with Crippen LogP contribution in [0.1, 0.15) is 28.1 Å². The summed E-state index contributed by atoms with van der Waals surface area (Å²) in [7, 11) is 0. The Bertz CT molecular complexity index is 945. The zero-order chi connectivity index (χ0) is 21.9. The van der Waals surface area contributed by atoms with Gasteiger partial charge in [0.15, 0.2) is 5.96 Å². The number of aliphatic imine (C=N–C) groups is 1. The van der Waals surface area contributed by atoms with Crippen LogP contribution >= 0.6 is 35.3 Å². The lowest BCUT2D eigenvalue weighted by molar-refractivity contribution is 0.212. The SMILES string of the molecule is CCNC(=NCc1ccc(OCCOc2ccccc2)nc1)NCc1nc(C)c(C)s1.I. The molecule has 0 radical (unpaired) electrons. The van der Waals surface area contributed by atoms with Crippen LogP contribution < -0.4 is 20.1 Å².